The van der Waals surface area contributed by atoms with Gasteiger partial charge in [0.1, 0.15) is 11.1 Å². The lowest BCUT2D eigenvalue weighted by molar-refractivity contribution is -0.138. The number of alkyl halides is 3. The van der Waals surface area contributed by atoms with Gasteiger partial charge in [0.2, 0.25) is 0 Å². The fraction of sp³-hybridized carbons (Fsp3) is 0.368. The normalized spacial score (nSPS) is 14.5. The van der Waals surface area contributed by atoms with Crippen molar-refractivity contribution < 1.29 is 13.2 Å². The number of hydrogen-bond donors (Lipinski definition) is 0. The van der Waals surface area contributed by atoms with E-state index in [1.807, 2.05) is 6.07 Å². The largest absolute Gasteiger partial charge is 0.416 e. The highest BCUT2D eigenvalue weighted by molar-refractivity contribution is 7.98. The quantitative estimate of drug-likeness (QED) is 0.532. The fourth-order valence-corrected chi connectivity index (χ4v) is 4.03. The lowest BCUT2D eigenvalue weighted by Crippen LogP contribution is -2.08. The van der Waals surface area contributed by atoms with Gasteiger partial charge in [-0.1, -0.05) is 24.6 Å². The van der Waals surface area contributed by atoms with Crippen molar-refractivity contribution in [2.75, 3.05) is 0 Å². The average Bonchev–Trinajstić information content (AvgIpc) is 2.83. The van der Waals surface area contributed by atoms with Crippen LogP contribution in [0.4, 0.5) is 13.2 Å². The van der Waals surface area contributed by atoms with E-state index >= 15 is 0 Å². The molecule has 0 amide bonds. The van der Waals surface area contributed by atoms with Crippen LogP contribution in [0, 0.1) is 11.3 Å². The van der Waals surface area contributed by atoms with Crippen LogP contribution in [0.3, 0.4) is 0 Å². The molecule has 0 fully saturated rings. The number of thioether (sulfide) groups is 1. The molecule has 0 saturated carbocycles. The first-order valence-corrected chi connectivity index (χ1v) is 9.18. The molecule has 0 saturated heterocycles. The maximum atomic E-state index is 13.1. The van der Waals surface area contributed by atoms with Gasteiger partial charge in [0, 0.05) is 11.4 Å². The zero-order valence-corrected chi connectivity index (χ0v) is 14.4. The van der Waals surface area contributed by atoms with Gasteiger partial charge in [0.05, 0.1) is 11.1 Å². The van der Waals surface area contributed by atoms with Crippen LogP contribution in [0.1, 0.15) is 47.2 Å². The van der Waals surface area contributed by atoms with Crippen LogP contribution in [0.5, 0.6) is 0 Å². The van der Waals surface area contributed by atoms with E-state index in [1.54, 1.807) is 6.07 Å². The van der Waals surface area contributed by atoms with Crippen molar-refractivity contribution in [2.24, 2.45) is 0 Å². The minimum absolute atomic E-state index is 0.135. The van der Waals surface area contributed by atoms with E-state index < -0.39 is 11.7 Å². The summed E-state index contributed by atoms with van der Waals surface area (Å²) in [5.74, 6) is 0.135. The van der Waals surface area contributed by atoms with Gasteiger partial charge in [0.15, 0.2) is 0 Å². The van der Waals surface area contributed by atoms with Gasteiger partial charge in [-0.15, -0.1) is 11.8 Å². The zero-order valence-electron chi connectivity index (χ0n) is 13.6. The van der Waals surface area contributed by atoms with E-state index in [1.165, 1.54) is 23.9 Å². The highest BCUT2D eigenvalue weighted by Gasteiger charge is 2.32. The summed E-state index contributed by atoms with van der Waals surface area (Å²) in [6.07, 6.45) is 0.695. The molecule has 130 valence electrons. The Labute approximate surface area is 149 Å². The van der Waals surface area contributed by atoms with Crippen LogP contribution in [-0.4, -0.2) is 4.98 Å². The molecule has 2 nitrogen and oxygen atoms in total. The Morgan fingerprint density at radius 2 is 1.88 bits per heavy atom. The summed E-state index contributed by atoms with van der Waals surface area (Å²) < 4.78 is 39.3. The monoisotopic (exact) mass is 362 g/mol. The maximum Gasteiger partial charge on any atom is 0.416 e. The van der Waals surface area contributed by atoms with Crippen LogP contribution in [0.2, 0.25) is 0 Å². The minimum atomic E-state index is -4.38. The molecule has 1 aromatic heterocycles. The minimum Gasteiger partial charge on any atom is -0.245 e. The number of benzene rings is 1. The summed E-state index contributed by atoms with van der Waals surface area (Å²) in [5, 5.41) is 9.92. The molecular formula is C19H17F3N2S. The Bertz CT molecular complexity index is 809. The summed E-state index contributed by atoms with van der Waals surface area (Å²) >= 11 is 1.20. The number of halogens is 3. The molecule has 0 spiro atoms. The van der Waals surface area contributed by atoms with E-state index in [2.05, 4.69) is 11.1 Å². The van der Waals surface area contributed by atoms with E-state index in [9.17, 15) is 18.4 Å². The lowest BCUT2D eigenvalue weighted by Gasteiger charge is -2.13. The number of aromatic nitrogens is 1. The van der Waals surface area contributed by atoms with E-state index in [4.69, 9.17) is 0 Å². The first-order chi connectivity index (χ1) is 12.0. The molecule has 0 aliphatic heterocycles. The van der Waals surface area contributed by atoms with E-state index in [-0.39, 0.29) is 11.3 Å². The molecule has 0 N–H and O–H groups in total. The number of hydrogen-bond acceptors (Lipinski definition) is 3. The lowest BCUT2D eigenvalue weighted by atomic mass is 10.1. The highest BCUT2D eigenvalue weighted by Crippen LogP contribution is 2.35. The third kappa shape index (κ3) is 4.16. The third-order valence-electron chi connectivity index (χ3n) is 4.32. The Hall–Kier alpha value is -2.00. The van der Waals surface area contributed by atoms with Gasteiger partial charge >= 0.3 is 6.18 Å². The maximum absolute atomic E-state index is 13.1. The standard InChI is InChI=1S/C19H17F3N2S/c20-19(21,22)16-8-5-4-7-14(16)12-25-18-15(11-23)10-13-6-2-1-3-9-17(13)24-18/h4-5,7-8,10H,1-3,6,9,12H2. The molecule has 1 heterocycles. The summed E-state index contributed by atoms with van der Waals surface area (Å²) in [7, 11) is 0. The molecule has 0 unspecified atom stereocenters. The third-order valence-corrected chi connectivity index (χ3v) is 5.36. The molecule has 6 heteroatoms. The Balaban J connectivity index is 1.87. The van der Waals surface area contributed by atoms with Crippen molar-refractivity contribution in [2.45, 2.75) is 49.1 Å². The topological polar surface area (TPSA) is 36.7 Å². The van der Waals surface area contributed by atoms with E-state index in [0.717, 1.165) is 49.4 Å². The van der Waals surface area contributed by atoms with Gasteiger partial charge in [-0.05, 0) is 48.9 Å². The molecule has 2 aromatic rings. The van der Waals surface area contributed by atoms with Crippen LogP contribution in [-0.2, 0) is 24.8 Å². The average molecular weight is 362 g/mol. The number of aryl methyl sites for hydroxylation is 2. The second-order valence-corrected chi connectivity index (χ2v) is 7.03. The molecule has 1 aromatic carbocycles. The molecule has 25 heavy (non-hydrogen) atoms. The number of fused-ring (bicyclic) bond motifs is 1. The van der Waals surface area contributed by atoms with Gasteiger partial charge in [0.25, 0.3) is 0 Å². The van der Waals surface area contributed by atoms with Crippen molar-refractivity contribution in [1.29, 1.82) is 5.26 Å². The SMILES string of the molecule is N#Cc1cc2c(nc1SCc1ccccc1C(F)(F)F)CCCCC2. The molecule has 0 atom stereocenters. The predicted molar refractivity (Wildman–Crippen MR) is 91.2 cm³/mol. The summed E-state index contributed by atoms with van der Waals surface area (Å²) in [5.41, 5.74) is 2.13. The van der Waals surface area contributed by atoms with Crippen LogP contribution >= 0.6 is 11.8 Å². The second-order valence-electron chi connectivity index (χ2n) is 6.06. The van der Waals surface area contributed by atoms with Crippen LogP contribution < -0.4 is 0 Å². The number of pyridine rings is 1. The second kappa shape index (κ2) is 7.49. The summed E-state index contributed by atoms with van der Waals surface area (Å²) in [4.78, 5) is 4.61. The zero-order chi connectivity index (χ0) is 17.9. The van der Waals surface area contributed by atoms with Gasteiger partial charge in [-0.2, -0.15) is 18.4 Å². The molecule has 0 radical (unpaired) electrons. The summed E-state index contributed by atoms with van der Waals surface area (Å²) in [6, 6.07) is 9.56. The number of nitrogens with zero attached hydrogens (tertiary/aromatic N) is 2. The van der Waals surface area contributed by atoms with Crippen molar-refractivity contribution in [3.8, 4) is 6.07 Å². The van der Waals surface area contributed by atoms with Crippen LogP contribution in [0.15, 0.2) is 35.4 Å². The van der Waals surface area contributed by atoms with Crippen LogP contribution in [0.25, 0.3) is 0 Å². The first-order valence-electron chi connectivity index (χ1n) is 8.20. The van der Waals surface area contributed by atoms with Gasteiger partial charge in [-0.3, -0.25) is 0 Å². The number of nitriles is 1. The van der Waals surface area contributed by atoms with E-state index in [0.29, 0.717) is 10.6 Å². The van der Waals surface area contributed by atoms with Gasteiger partial charge in [-0.25, -0.2) is 4.98 Å². The number of rotatable bonds is 3. The highest BCUT2D eigenvalue weighted by atomic mass is 32.2. The molecule has 1 aliphatic carbocycles. The Kier molecular flexibility index (Phi) is 5.33. The van der Waals surface area contributed by atoms with Gasteiger partial charge < -0.3 is 0 Å². The smallest absolute Gasteiger partial charge is 0.245 e. The molecule has 0 bridgehead atoms. The van der Waals surface area contributed by atoms with Crippen molar-refractivity contribution in [3.05, 3.63) is 58.3 Å². The Morgan fingerprint density at radius 1 is 1.12 bits per heavy atom. The fourth-order valence-electron chi connectivity index (χ4n) is 3.05. The van der Waals surface area contributed by atoms with Crippen molar-refractivity contribution in [1.82, 2.24) is 4.98 Å². The van der Waals surface area contributed by atoms with Crippen molar-refractivity contribution >= 4 is 11.8 Å². The molecular weight excluding hydrogens is 345 g/mol. The molecule has 3 rings (SSSR count). The first kappa shape index (κ1) is 17.8. The Morgan fingerprint density at radius 3 is 2.64 bits per heavy atom. The molecule has 1 aliphatic rings. The van der Waals surface area contributed by atoms with Crippen molar-refractivity contribution in [3.63, 3.8) is 0 Å². The predicted octanol–water partition coefficient (Wildman–Crippen LogP) is 5.53. The summed E-state index contributed by atoms with van der Waals surface area (Å²) in [6.45, 7) is 0.